The zero-order chi connectivity index (χ0) is 22.8. The summed E-state index contributed by atoms with van der Waals surface area (Å²) in [6.07, 6.45) is 2.58. The van der Waals surface area contributed by atoms with Crippen molar-refractivity contribution in [2.75, 3.05) is 38.7 Å². The molecule has 3 rings (SSSR count). The van der Waals surface area contributed by atoms with Crippen LogP contribution in [0.5, 0.6) is 0 Å². The Morgan fingerprint density at radius 2 is 1.87 bits per heavy atom. The summed E-state index contributed by atoms with van der Waals surface area (Å²) in [5.74, 6) is 0.675. The third kappa shape index (κ3) is 5.27. The molecule has 1 aromatic carbocycles. The lowest BCUT2D eigenvalue weighted by molar-refractivity contribution is -0.130. The fourth-order valence-electron chi connectivity index (χ4n) is 3.63. The highest BCUT2D eigenvalue weighted by Crippen LogP contribution is 2.23. The van der Waals surface area contributed by atoms with Crippen LogP contribution in [0.2, 0.25) is 0 Å². The van der Waals surface area contributed by atoms with Crippen molar-refractivity contribution in [1.29, 1.82) is 0 Å². The Kier molecular flexibility index (Phi) is 7.07. The molecule has 2 aromatic rings. The molecule has 0 radical (unpaired) electrons. The fraction of sp³-hybridized carbons (Fsp3) is 0.600. The van der Waals surface area contributed by atoms with Crippen LogP contribution in [0.3, 0.4) is 0 Å². The summed E-state index contributed by atoms with van der Waals surface area (Å²) in [5.41, 5.74) is 1.43. The Morgan fingerprint density at radius 1 is 1.19 bits per heavy atom. The maximum absolute atomic E-state index is 12.6. The van der Waals surface area contributed by atoms with Crippen molar-refractivity contribution in [2.45, 2.75) is 44.0 Å². The molecule has 1 aliphatic heterocycles. The number of aromatic nitrogens is 2. The quantitative estimate of drug-likeness (QED) is 0.575. The predicted octanol–water partition coefficient (Wildman–Crippen LogP) is 1.28. The molecule has 0 spiro atoms. The van der Waals surface area contributed by atoms with Gasteiger partial charge in [-0.25, -0.2) is 26.1 Å². The van der Waals surface area contributed by atoms with E-state index < -0.39 is 19.9 Å². The van der Waals surface area contributed by atoms with Gasteiger partial charge in [-0.05, 0) is 24.6 Å². The molecule has 0 bridgehead atoms. The molecule has 11 heteroatoms. The molecule has 1 aromatic heterocycles. The van der Waals surface area contributed by atoms with Gasteiger partial charge in [0.25, 0.3) is 0 Å². The van der Waals surface area contributed by atoms with Gasteiger partial charge in [-0.2, -0.15) is 0 Å². The molecule has 172 valence electrons. The Bertz CT molecular complexity index is 1160. The fourth-order valence-corrected chi connectivity index (χ4v) is 5.75. The minimum absolute atomic E-state index is 0.0108. The van der Waals surface area contributed by atoms with Gasteiger partial charge in [0.2, 0.25) is 15.9 Å². The summed E-state index contributed by atoms with van der Waals surface area (Å²) in [7, 11) is -3.62. The van der Waals surface area contributed by atoms with Gasteiger partial charge in [0.1, 0.15) is 5.82 Å². The first-order valence-corrected chi connectivity index (χ1v) is 13.7. The molecule has 1 saturated heterocycles. The zero-order valence-electron chi connectivity index (χ0n) is 18.2. The molecule has 0 N–H and O–H groups in total. The first-order chi connectivity index (χ1) is 14.5. The molecular weight excluding hydrogens is 440 g/mol. The van der Waals surface area contributed by atoms with Gasteiger partial charge in [0, 0.05) is 46.6 Å². The Hall–Kier alpha value is -1.98. The van der Waals surface area contributed by atoms with Gasteiger partial charge in [0.05, 0.1) is 27.4 Å². The predicted molar refractivity (Wildman–Crippen MR) is 119 cm³/mol. The lowest BCUT2D eigenvalue weighted by atomic mass is 10.2. The first-order valence-electron chi connectivity index (χ1n) is 10.4. The van der Waals surface area contributed by atoms with Crippen LogP contribution in [0.1, 0.15) is 32.0 Å². The standard InChI is InChI=1S/C20H30N4O5S2/c1-4-5-10-24-18-7-6-16(31(28,29)22(2)3)15-17(18)21-19(24)8-9-20(25)23-11-13-30(26,27)14-12-23/h6-7,15H,4-5,8-14H2,1-3H3. The van der Waals surface area contributed by atoms with E-state index in [0.29, 0.717) is 11.9 Å². The number of carbonyl (C=O) groups is 1. The second-order valence-electron chi connectivity index (χ2n) is 8.00. The van der Waals surface area contributed by atoms with Gasteiger partial charge in [0.15, 0.2) is 9.84 Å². The Labute approximate surface area is 184 Å². The van der Waals surface area contributed by atoms with Crippen LogP contribution in [0.4, 0.5) is 0 Å². The Balaban J connectivity index is 1.83. The average molecular weight is 471 g/mol. The minimum atomic E-state index is -3.56. The maximum Gasteiger partial charge on any atom is 0.242 e. The molecule has 2 heterocycles. The number of sulfonamides is 1. The SMILES string of the molecule is CCCCn1c(CCC(=O)N2CCS(=O)(=O)CC2)nc2cc(S(=O)(=O)N(C)C)ccc21. The summed E-state index contributed by atoms with van der Waals surface area (Å²) >= 11 is 0. The number of aryl methyl sites for hydroxylation is 2. The third-order valence-electron chi connectivity index (χ3n) is 5.57. The van der Waals surface area contributed by atoms with E-state index >= 15 is 0 Å². The van der Waals surface area contributed by atoms with Crippen LogP contribution >= 0.6 is 0 Å². The van der Waals surface area contributed by atoms with Crippen molar-refractivity contribution in [3.8, 4) is 0 Å². The van der Waals surface area contributed by atoms with Gasteiger partial charge in [-0.3, -0.25) is 4.79 Å². The zero-order valence-corrected chi connectivity index (χ0v) is 19.9. The molecular formula is C20H30N4O5S2. The molecule has 0 saturated carbocycles. The van der Waals surface area contributed by atoms with Crippen LogP contribution in [0.15, 0.2) is 23.1 Å². The van der Waals surface area contributed by atoms with Crippen LogP contribution in [0, 0.1) is 0 Å². The monoisotopic (exact) mass is 470 g/mol. The van der Waals surface area contributed by atoms with E-state index in [-0.39, 0.29) is 41.8 Å². The van der Waals surface area contributed by atoms with Gasteiger partial charge in [-0.15, -0.1) is 0 Å². The molecule has 1 amide bonds. The van der Waals surface area contributed by atoms with Crippen molar-refractivity contribution in [1.82, 2.24) is 18.8 Å². The molecule has 31 heavy (non-hydrogen) atoms. The summed E-state index contributed by atoms with van der Waals surface area (Å²) in [6.45, 7) is 3.30. The van der Waals surface area contributed by atoms with E-state index in [1.807, 2.05) is 0 Å². The second-order valence-corrected chi connectivity index (χ2v) is 12.5. The molecule has 9 nitrogen and oxygen atoms in total. The van der Waals surface area contributed by atoms with Gasteiger partial charge in [-0.1, -0.05) is 13.3 Å². The number of carbonyl (C=O) groups excluding carboxylic acids is 1. The number of sulfone groups is 1. The lowest BCUT2D eigenvalue weighted by Crippen LogP contribution is -2.43. The lowest BCUT2D eigenvalue weighted by Gasteiger charge is -2.26. The van der Waals surface area contributed by atoms with Crippen molar-refractivity contribution < 1.29 is 21.6 Å². The minimum Gasteiger partial charge on any atom is -0.341 e. The number of unbranched alkanes of at least 4 members (excludes halogenated alkanes) is 1. The average Bonchev–Trinajstić information content (AvgIpc) is 3.06. The Morgan fingerprint density at radius 3 is 2.48 bits per heavy atom. The number of nitrogens with zero attached hydrogens (tertiary/aromatic N) is 4. The molecule has 1 fully saturated rings. The number of hydrogen-bond acceptors (Lipinski definition) is 6. The normalized spacial score (nSPS) is 16.8. The van der Waals surface area contributed by atoms with E-state index in [4.69, 9.17) is 0 Å². The molecule has 1 aliphatic rings. The topological polar surface area (TPSA) is 110 Å². The highest BCUT2D eigenvalue weighted by molar-refractivity contribution is 7.91. The highest BCUT2D eigenvalue weighted by atomic mass is 32.2. The van der Waals surface area contributed by atoms with Crippen molar-refractivity contribution in [2.24, 2.45) is 0 Å². The summed E-state index contributed by atoms with van der Waals surface area (Å²) in [6, 6.07) is 4.94. The van der Waals surface area contributed by atoms with Crippen LogP contribution in [-0.2, 0) is 37.6 Å². The summed E-state index contributed by atoms with van der Waals surface area (Å²) in [5, 5.41) is 0. The number of hydrogen-bond donors (Lipinski definition) is 0. The van der Waals surface area contributed by atoms with E-state index in [1.54, 1.807) is 23.1 Å². The highest BCUT2D eigenvalue weighted by Gasteiger charge is 2.25. The summed E-state index contributed by atoms with van der Waals surface area (Å²) < 4.78 is 51.3. The number of rotatable bonds is 8. The van der Waals surface area contributed by atoms with Crippen LogP contribution in [-0.4, -0.2) is 80.2 Å². The van der Waals surface area contributed by atoms with E-state index in [2.05, 4.69) is 16.5 Å². The smallest absolute Gasteiger partial charge is 0.242 e. The van der Waals surface area contributed by atoms with Gasteiger partial charge < -0.3 is 9.47 Å². The maximum atomic E-state index is 12.6. The molecule has 0 unspecified atom stereocenters. The van der Waals surface area contributed by atoms with E-state index in [9.17, 15) is 21.6 Å². The van der Waals surface area contributed by atoms with E-state index in [0.717, 1.165) is 30.7 Å². The third-order valence-corrected chi connectivity index (χ3v) is 8.99. The van der Waals surface area contributed by atoms with Crippen molar-refractivity contribution in [3.63, 3.8) is 0 Å². The van der Waals surface area contributed by atoms with Crippen molar-refractivity contribution >= 4 is 36.8 Å². The van der Waals surface area contributed by atoms with E-state index in [1.165, 1.54) is 18.4 Å². The first kappa shape index (κ1) is 23.7. The number of amides is 1. The van der Waals surface area contributed by atoms with Crippen LogP contribution < -0.4 is 0 Å². The largest absolute Gasteiger partial charge is 0.341 e. The van der Waals surface area contributed by atoms with Crippen LogP contribution in [0.25, 0.3) is 11.0 Å². The van der Waals surface area contributed by atoms with Crippen molar-refractivity contribution in [3.05, 3.63) is 24.0 Å². The number of benzene rings is 1. The molecule has 0 atom stereocenters. The second kappa shape index (κ2) is 9.25. The van der Waals surface area contributed by atoms with Gasteiger partial charge >= 0.3 is 0 Å². The number of imidazole rings is 1. The number of fused-ring (bicyclic) bond motifs is 1. The summed E-state index contributed by atoms with van der Waals surface area (Å²) in [4.78, 5) is 19.0. The molecule has 0 aliphatic carbocycles.